The van der Waals surface area contributed by atoms with Gasteiger partial charge in [-0.3, -0.25) is 0 Å². The number of rotatable bonds is 4. The van der Waals surface area contributed by atoms with E-state index in [1.54, 1.807) is 18.2 Å². The molecule has 0 heterocycles. The average molecular weight is 256 g/mol. The van der Waals surface area contributed by atoms with E-state index in [0.717, 1.165) is 0 Å². The molecule has 1 aromatic rings. The monoisotopic (exact) mass is 254 g/mol. The Balaban J connectivity index is 2.63. The normalized spacial score (nSPS) is 12.6. The van der Waals surface area contributed by atoms with E-state index in [1.807, 2.05) is 0 Å². The Morgan fingerprint density at radius 2 is 2.07 bits per heavy atom. The SMILES string of the molecule is OC(CCl)COc1cccc(Cl)c1Cl. The van der Waals surface area contributed by atoms with Crippen LogP contribution in [0, 0.1) is 0 Å². The molecule has 1 N–H and O–H groups in total. The van der Waals surface area contributed by atoms with Crippen LogP contribution in [0.3, 0.4) is 0 Å². The molecular formula is C9H9Cl3O2. The van der Waals surface area contributed by atoms with E-state index in [-0.39, 0.29) is 12.5 Å². The van der Waals surface area contributed by atoms with E-state index in [9.17, 15) is 0 Å². The molecule has 0 spiro atoms. The summed E-state index contributed by atoms with van der Waals surface area (Å²) in [7, 11) is 0. The van der Waals surface area contributed by atoms with Crippen LogP contribution in [0.1, 0.15) is 0 Å². The van der Waals surface area contributed by atoms with Gasteiger partial charge in [-0.1, -0.05) is 29.3 Å². The molecule has 0 aliphatic carbocycles. The second-order valence-electron chi connectivity index (χ2n) is 2.67. The van der Waals surface area contributed by atoms with Crippen LogP contribution in [0.15, 0.2) is 18.2 Å². The summed E-state index contributed by atoms with van der Waals surface area (Å²) in [6.07, 6.45) is -0.702. The molecule has 0 fully saturated rings. The molecule has 1 aromatic carbocycles. The highest BCUT2D eigenvalue weighted by molar-refractivity contribution is 6.42. The maximum Gasteiger partial charge on any atom is 0.139 e. The maximum atomic E-state index is 9.15. The second-order valence-corrected chi connectivity index (χ2v) is 3.76. The van der Waals surface area contributed by atoms with Gasteiger partial charge in [-0.25, -0.2) is 0 Å². The lowest BCUT2D eigenvalue weighted by atomic mass is 10.3. The summed E-state index contributed by atoms with van der Waals surface area (Å²) in [5.74, 6) is 0.571. The number of hydrogen-bond donors (Lipinski definition) is 1. The minimum atomic E-state index is -0.702. The van der Waals surface area contributed by atoms with Gasteiger partial charge in [-0.05, 0) is 12.1 Å². The number of alkyl halides is 1. The Bertz CT molecular complexity index is 304. The summed E-state index contributed by atoms with van der Waals surface area (Å²) in [4.78, 5) is 0. The molecule has 1 unspecified atom stereocenters. The first-order valence-electron chi connectivity index (χ1n) is 3.96. The van der Waals surface area contributed by atoms with Gasteiger partial charge in [0, 0.05) is 0 Å². The zero-order chi connectivity index (χ0) is 10.6. The van der Waals surface area contributed by atoms with Crippen molar-refractivity contribution < 1.29 is 9.84 Å². The molecule has 0 amide bonds. The largest absolute Gasteiger partial charge is 0.489 e. The van der Waals surface area contributed by atoms with Gasteiger partial charge >= 0.3 is 0 Å². The van der Waals surface area contributed by atoms with Crippen molar-refractivity contribution in [3.05, 3.63) is 28.2 Å². The summed E-state index contributed by atoms with van der Waals surface area (Å²) < 4.78 is 5.22. The van der Waals surface area contributed by atoms with Crippen LogP contribution < -0.4 is 4.74 Å². The highest BCUT2D eigenvalue weighted by Gasteiger charge is 2.07. The van der Waals surface area contributed by atoms with E-state index >= 15 is 0 Å². The molecule has 0 saturated heterocycles. The first-order chi connectivity index (χ1) is 6.65. The summed E-state index contributed by atoms with van der Waals surface area (Å²) in [5.41, 5.74) is 0. The molecule has 0 saturated carbocycles. The molecule has 14 heavy (non-hydrogen) atoms. The van der Waals surface area contributed by atoms with Gasteiger partial charge in [-0.15, -0.1) is 11.6 Å². The quantitative estimate of drug-likeness (QED) is 0.838. The molecule has 0 aliphatic heterocycles. The van der Waals surface area contributed by atoms with Crippen molar-refractivity contribution in [3.8, 4) is 5.75 Å². The van der Waals surface area contributed by atoms with Crippen LogP contribution in [-0.2, 0) is 0 Å². The van der Waals surface area contributed by atoms with Gasteiger partial charge in [0.15, 0.2) is 0 Å². The van der Waals surface area contributed by atoms with Crippen molar-refractivity contribution >= 4 is 34.8 Å². The molecule has 78 valence electrons. The average Bonchev–Trinajstić information content (AvgIpc) is 2.20. The smallest absolute Gasteiger partial charge is 0.139 e. The van der Waals surface area contributed by atoms with Crippen molar-refractivity contribution in [3.63, 3.8) is 0 Å². The Hall–Kier alpha value is -0.150. The highest BCUT2D eigenvalue weighted by atomic mass is 35.5. The molecular weight excluding hydrogens is 246 g/mol. The predicted molar refractivity (Wildman–Crippen MR) is 58.7 cm³/mol. The third-order valence-electron chi connectivity index (χ3n) is 1.53. The number of aliphatic hydroxyl groups excluding tert-OH is 1. The third kappa shape index (κ3) is 3.21. The number of aliphatic hydroxyl groups is 1. The Morgan fingerprint density at radius 1 is 1.36 bits per heavy atom. The number of ether oxygens (including phenoxy) is 1. The molecule has 0 aromatic heterocycles. The van der Waals surface area contributed by atoms with Crippen LogP contribution >= 0.6 is 34.8 Å². The van der Waals surface area contributed by atoms with Crippen LogP contribution in [0.25, 0.3) is 0 Å². The van der Waals surface area contributed by atoms with Crippen LogP contribution in [-0.4, -0.2) is 23.7 Å². The topological polar surface area (TPSA) is 29.5 Å². The third-order valence-corrected chi connectivity index (χ3v) is 2.68. The Morgan fingerprint density at radius 3 is 2.71 bits per heavy atom. The first kappa shape index (κ1) is 11.9. The van der Waals surface area contributed by atoms with Gasteiger partial charge in [0.05, 0.1) is 10.9 Å². The number of hydrogen-bond acceptors (Lipinski definition) is 2. The fourth-order valence-electron chi connectivity index (χ4n) is 0.826. The molecule has 0 aliphatic rings. The fourth-order valence-corrected chi connectivity index (χ4v) is 1.26. The zero-order valence-corrected chi connectivity index (χ0v) is 9.48. The molecule has 0 bridgehead atoms. The maximum absolute atomic E-state index is 9.15. The zero-order valence-electron chi connectivity index (χ0n) is 7.21. The van der Waals surface area contributed by atoms with E-state index < -0.39 is 6.10 Å². The highest BCUT2D eigenvalue weighted by Crippen LogP contribution is 2.31. The van der Waals surface area contributed by atoms with Crippen LogP contribution in [0.4, 0.5) is 0 Å². The number of benzene rings is 1. The number of halogens is 3. The van der Waals surface area contributed by atoms with Crippen molar-refractivity contribution in [2.24, 2.45) is 0 Å². The van der Waals surface area contributed by atoms with Gasteiger partial charge < -0.3 is 9.84 Å². The van der Waals surface area contributed by atoms with Crippen molar-refractivity contribution in [1.29, 1.82) is 0 Å². The molecule has 0 radical (unpaired) electrons. The summed E-state index contributed by atoms with van der Waals surface area (Å²) in [6, 6.07) is 5.06. The summed E-state index contributed by atoms with van der Waals surface area (Å²) >= 11 is 17.0. The lowest BCUT2D eigenvalue weighted by molar-refractivity contribution is 0.125. The Kier molecular flexibility index (Phi) is 4.82. The molecule has 5 heteroatoms. The van der Waals surface area contributed by atoms with Gasteiger partial charge in [0.1, 0.15) is 23.5 Å². The van der Waals surface area contributed by atoms with Crippen molar-refractivity contribution in [1.82, 2.24) is 0 Å². The van der Waals surface area contributed by atoms with Gasteiger partial charge in [-0.2, -0.15) is 0 Å². The minimum absolute atomic E-state index is 0.101. The first-order valence-corrected chi connectivity index (χ1v) is 5.25. The Labute approximate surface area is 97.3 Å². The van der Waals surface area contributed by atoms with Gasteiger partial charge in [0.25, 0.3) is 0 Å². The molecule has 1 rings (SSSR count). The van der Waals surface area contributed by atoms with Crippen LogP contribution in [0.2, 0.25) is 10.0 Å². The van der Waals surface area contributed by atoms with E-state index in [0.29, 0.717) is 15.8 Å². The van der Waals surface area contributed by atoms with E-state index in [4.69, 9.17) is 44.6 Å². The lowest BCUT2D eigenvalue weighted by Crippen LogP contribution is -2.18. The van der Waals surface area contributed by atoms with Crippen LogP contribution in [0.5, 0.6) is 5.75 Å². The molecule has 1 atom stereocenters. The van der Waals surface area contributed by atoms with Crippen molar-refractivity contribution in [2.45, 2.75) is 6.10 Å². The fraction of sp³-hybridized carbons (Fsp3) is 0.333. The molecule has 2 nitrogen and oxygen atoms in total. The standard InChI is InChI=1S/C9H9Cl3O2/c10-4-6(13)5-14-8-3-1-2-7(11)9(8)12/h1-3,6,13H,4-5H2. The van der Waals surface area contributed by atoms with Gasteiger partial charge in [0.2, 0.25) is 0 Å². The van der Waals surface area contributed by atoms with E-state index in [1.165, 1.54) is 0 Å². The van der Waals surface area contributed by atoms with E-state index in [2.05, 4.69) is 0 Å². The summed E-state index contributed by atoms with van der Waals surface area (Å²) in [6.45, 7) is 0.101. The predicted octanol–water partition coefficient (Wildman–Crippen LogP) is 2.97. The van der Waals surface area contributed by atoms with Crippen molar-refractivity contribution in [2.75, 3.05) is 12.5 Å². The summed E-state index contributed by atoms with van der Waals surface area (Å²) in [5, 5.41) is 9.91. The second kappa shape index (κ2) is 5.66. The lowest BCUT2D eigenvalue weighted by Gasteiger charge is -2.11. The minimum Gasteiger partial charge on any atom is -0.489 e.